The second kappa shape index (κ2) is 16.1. The van der Waals surface area contributed by atoms with E-state index in [1.54, 1.807) is 12.4 Å². The number of carbonyl (C=O) groups is 2. The molecule has 3 rings (SSSR count). The quantitative estimate of drug-likeness (QED) is 0.131. The molecule has 0 unspecified atom stereocenters. The van der Waals surface area contributed by atoms with Crippen LogP contribution in [0.5, 0.6) is 0 Å². The highest BCUT2D eigenvalue weighted by Crippen LogP contribution is 2.35. The zero-order valence-corrected chi connectivity index (χ0v) is 25.3. The highest BCUT2D eigenvalue weighted by Gasteiger charge is 2.33. The summed E-state index contributed by atoms with van der Waals surface area (Å²) in [5.41, 5.74) is 2.55. The second-order valence-corrected chi connectivity index (χ2v) is 10.2. The van der Waals surface area contributed by atoms with Gasteiger partial charge in [-0.3, -0.25) is 14.9 Å². The van der Waals surface area contributed by atoms with Crippen molar-refractivity contribution in [1.29, 1.82) is 0 Å². The van der Waals surface area contributed by atoms with Gasteiger partial charge in [-0.15, -0.1) is 0 Å². The molecule has 1 amide bonds. The lowest BCUT2D eigenvalue weighted by Gasteiger charge is -2.33. The first-order valence-corrected chi connectivity index (χ1v) is 14.4. The molecular formula is C31H52N5O2+. The first-order chi connectivity index (χ1) is 18.1. The van der Waals surface area contributed by atoms with E-state index in [4.69, 9.17) is 0 Å². The number of aromatic nitrogens is 2. The Hall–Kier alpha value is -2.96. The molecule has 3 N–H and O–H groups in total. The second-order valence-electron chi connectivity index (χ2n) is 10.2. The smallest absolute Gasteiger partial charge is 0.247 e. The lowest BCUT2D eigenvalue weighted by atomic mass is 9.85. The summed E-state index contributed by atoms with van der Waals surface area (Å²) < 4.78 is 1.88. The SMILES string of the molecule is C=C(Nc1cc(N/C(C=O)=C/C(CC)=C(\C)C(=O)NC(C)(C)C2CCCC2)nc[n+]1C)C1CC1.CC.CC. The van der Waals surface area contributed by atoms with Crippen molar-refractivity contribution < 1.29 is 14.2 Å². The summed E-state index contributed by atoms with van der Waals surface area (Å²) in [6.45, 7) is 20.1. The molecule has 1 aromatic heterocycles. The van der Waals surface area contributed by atoms with Crippen LogP contribution in [0.25, 0.3) is 0 Å². The molecular weight excluding hydrogens is 474 g/mol. The summed E-state index contributed by atoms with van der Waals surface area (Å²) in [6.07, 6.45) is 11.9. The van der Waals surface area contributed by atoms with Gasteiger partial charge in [0, 0.05) is 17.0 Å². The Morgan fingerprint density at radius 3 is 2.26 bits per heavy atom. The monoisotopic (exact) mass is 526 g/mol. The van der Waals surface area contributed by atoms with E-state index in [-0.39, 0.29) is 11.4 Å². The predicted octanol–water partition coefficient (Wildman–Crippen LogP) is 6.60. The van der Waals surface area contributed by atoms with Crippen LogP contribution in [0.1, 0.15) is 100 Å². The number of hydrogen-bond acceptors (Lipinski definition) is 5. The normalized spacial score (nSPS) is 16.2. The number of nitrogens with zero attached hydrogens (tertiary/aromatic N) is 2. The van der Waals surface area contributed by atoms with E-state index in [2.05, 4.69) is 41.4 Å². The summed E-state index contributed by atoms with van der Waals surface area (Å²) in [4.78, 5) is 29.3. The first kappa shape index (κ1) is 33.1. The number of allylic oxidation sites excluding steroid dienone is 4. The number of aldehydes is 1. The zero-order chi connectivity index (χ0) is 28.9. The van der Waals surface area contributed by atoms with E-state index >= 15 is 0 Å². The van der Waals surface area contributed by atoms with Crippen molar-refractivity contribution in [3.63, 3.8) is 0 Å². The number of carbonyl (C=O) groups excluding carboxylic acids is 2. The molecule has 7 nitrogen and oxygen atoms in total. The first-order valence-electron chi connectivity index (χ1n) is 14.4. The summed E-state index contributed by atoms with van der Waals surface area (Å²) in [6, 6.07) is 1.85. The predicted molar refractivity (Wildman–Crippen MR) is 159 cm³/mol. The van der Waals surface area contributed by atoms with E-state index in [0.29, 0.717) is 35.3 Å². The summed E-state index contributed by atoms with van der Waals surface area (Å²) in [7, 11) is 1.91. The van der Waals surface area contributed by atoms with Crippen LogP contribution in [0.15, 0.2) is 47.6 Å². The summed E-state index contributed by atoms with van der Waals surface area (Å²) in [5.74, 6) is 2.34. The van der Waals surface area contributed by atoms with Gasteiger partial charge >= 0.3 is 0 Å². The number of amides is 1. The Kier molecular flexibility index (Phi) is 14.0. The van der Waals surface area contributed by atoms with Gasteiger partial charge < -0.3 is 10.6 Å². The topological polar surface area (TPSA) is 87.0 Å². The molecule has 1 aromatic rings. The highest BCUT2D eigenvalue weighted by molar-refractivity contribution is 5.95. The molecule has 2 fully saturated rings. The zero-order valence-electron chi connectivity index (χ0n) is 25.3. The maximum Gasteiger partial charge on any atom is 0.247 e. The lowest BCUT2D eigenvalue weighted by molar-refractivity contribution is -0.660. The van der Waals surface area contributed by atoms with Crippen LogP contribution in [0, 0.1) is 11.8 Å². The Labute approximate surface area is 231 Å². The number of anilines is 2. The van der Waals surface area contributed by atoms with Crippen molar-refractivity contribution in [2.45, 2.75) is 106 Å². The molecule has 38 heavy (non-hydrogen) atoms. The Balaban J connectivity index is 0.00000172. The van der Waals surface area contributed by atoms with Crippen molar-refractivity contribution in [3.05, 3.63) is 47.6 Å². The van der Waals surface area contributed by atoms with Crippen LogP contribution in [0.2, 0.25) is 0 Å². The summed E-state index contributed by atoms with van der Waals surface area (Å²) >= 11 is 0. The van der Waals surface area contributed by atoms with Crippen molar-refractivity contribution in [3.8, 4) is 0 Å². The van der Waals surface area contributed by atoms with Crippen molar-refractivity contribution in [2.75, 3.05) is 10.6 Å². The van der Waals surface area contributed by atoms with Crippen LogP contribution < -0.4 is 20.5 Å². The third kappa shape index (κ3) is 9.73. The van der Waals surface area contributed by atoms with E-state index in [0.717, 1.165) is 36.2 Å². The number of hydrogen-bond donors (Lipinski definition) is 3. The minimum Gasteiger partial charge on any atom is -0.347 e. The maximum absolute atomic E-state index is 13.1. The van der Waals surface area contributed by atoms with Gasteiger partial charge in [-0.25, -0.2) is 4.57 Å². The molecule has 0 bridgehead atoms. The van der Waals surface area contributed by atoms with Crippen molar-refractivity contribution in [1.82, 2.24) is 10.3 Å². The third-order valence-corrected chi connectivity index (χ3v) is 7.13. The molecule has 0 atom stereocenters. The molecule has 2 saturated carbocycles. The van der Waals surface area contributed by atoms with Gasteiger partial charge in [0.05, 0.1) is 24.5 Å². The number of aryl methyl sites for hydroxylation is 1. The average Bonchev–Trinajstić information content (AvgIpc) is 3.62. The fourth-order valence-electron chi connectivity index (χ4n) is 4.56. The largest absolute Gasteiger partial charge is 0.347 e. The van der Waals surface area contributed by atoms with Gasteiger partial charge in [-0.05, 0) is 70.4 Å². The maximum atomic E-state index is 13.1. The van der Waals surface area contributed by atoms with E-state index in [1.165, 1.54) is 25.7 Å². The van der Waals surface area contributed by atoms with Crippen molar-refractivity contribution >= 4 is 23.8 Å². The molecule has 0 aliphatic heterocycles. The molecule has 212 valence electrons. The third-order valence-electron chi connectivity index (χ3n) is 7.13. The van der Waals surface area contributed by atoms with Gasteiger partial charge in [0.1, 0.15) is 0 Å². The standard InChI is InChI=1S/C27H39N5O2.2C2H6/c1-7-20(18(2)26(34)31-27(4,5)22-10-8-9-11-22)14-23(16-33)30-24-15-25(32(6)17-28-24)29-19(3)21-12-13-21;2*1-2/h14-17,21-22H,3,7-13H2,1-2,4-6H3,(H2,29,30,31,34);2*1-2H3/p+1. The van der Waals surface area contributed by atoms with E-state index in [9.17, 15) is 9.59 Å². The molecule has 2 aliphatic carbocycles. The minimum absolute atomic E-state index is 0.0785. The fraction of sp³-hybridized carbons (Fsp3) is 0.613. The molecule has 0 saturated heterocycles. The Bertz CT molecular complexity index is 1000. The molecule has 0 aromatic carbocycles. The highest BCUT2D eigenvalue weighted by atomic mass is 16.1. The molecule has 2 aliphatic rings. The lowest BCUT2D eigenvalue weighted by Crippen LogP contribution is -2.48. The van der Waals surface area contributed by atoms with E-state index < -0.39 is 0 Å². The van der Waals surface area contributed by atoms with Gasteiger partial charge in [0.25, 0.3) is 0 Å². The van der Waals surface area contributed by atoms with Crippen molar-refractivity contribution in [2.24, 2.45) is 18.9 Å². The van der Waals surface area contributed by atoms with Crippen LogP contribution in [0.4, 0.5) is 11.6 Å². The van der Waals surface area contributed by atoms with Crippen LogP contribution in [-0.4, -0.2) is 22.7 Å². The molecule has 0 radical (unpaired) electrons. The number of nitrogens with one attached hydrogen (secondary N) is 3. The van der Waals surface area contributed by atoms with Gasteiger partial charge in [0.2, 0.25) is 23.9 Å². The van der Waals surface area contributed by atoms with E-state index in [1.807, 2.05) is 59.2 Å². The van der Waals surface area contributed by atoms with Gasteiger partial charge in [0.15, 0.2) is 6.29 Å². The summed E-state index contributed by atoms with van der Waals surface area (Å²) in [5, 5.41) is 9.68. The van der Waals surface area contributed by atoms with Gasteiger partial charge in [-0.2, -0.15) is 0 Å². The molecule has 1 heterocycles. The fourth-order valence-corrected chi connectivity index (χ4v) is 4.56. The molecule has 0 spiro atoms. The molecule has 7 heteroatoms. The van der Waals surface area contributed by atoms with Crippen LogP contribution in [-0.2, 0) is 16.6 Å². The Morgan fingerprint density at radius 2 is 1.74 bits per heavy atom. The Morgan fingerprint density at radius 1 is 1.13 bits per heavy atom. The number of rotatable bonds is 11. The van der Waals surface area contributed by atoms with Crippen LogP contribution in [0.3, 0.4) is 0 Å². The average molecular weight is 527 g/mol. The van der Waals surface area contributed by atoms with Gasteiger partial charge in [-0.1, -0.05) is 59.0 Å². The minimum atomic E-state index is -0.249. The van der Waals surface area contributed by atoms with Crippen LogP contribution >= 0.6 is 0 Å².